The summed E-state index contributed by atoms with van der Waals surface area (Å²) in [5.41, 5.74) is 3.24. The van der Waals surface area contributed by atoms with Gasteiger partial charge < -0.3 is 5.11 Å². The third kappa shape index (κ3) is 3.99. The lowest BCUT2D eigenvalue weighted by atomic mass is 9.78. The van der Waals surface area contributed by atoms with Crippen LogP contribution in [-0.4, -0.2) is 5.11 Å². The van der Waals surface area contributed by atoms with Gasteiger partial charge in [0.15, 0.2) is 0 Å². The van der Waals surface area contributed by atoms with Gasteiger partial charge in [0.1, 0.15) is 5.75 Å². The molecule has 1 aromatic carbocycles. The molecular formula is C18H29O. The van der Waals surface area contributed by atoms with E-state index in [0.29, 0.717) is 5.75 Å². The highest BCUT2D eigenvalue weighted by Gasteiger charge is 2.26. The lowest BCUT2D eigenvalue weighted by molar-refractivity contribution is 0.423. The van der Waals surface area contributed by atoms with Gasteiger partial charge in [0.25, 0.3) is 0 Å². The molecular weight excluding hydrogens is 232 g/mol. The Hall–Kier alpha value is -0.980. The Morgan fingerprint density at radius 2 is 1.37 bits per heavy atom. The number of benzene rings is 1. The van der Waals surface area contributed by atoms with Gasteiger partial charge in [0.05, 0.1) is 0 Å². The predicted molar refractivity (Wildman–Crippen MR) is 83.8 cm³/mol. The third-order valence-electron chi connectivity index (χ3n) is 3.42. The van der Waals surface area contributed by atoms with Crippen LogP contribution < -0.4 is 0 Å². The van der Waals surface area contributed by atoms with Gasteiger partial charge in [-0.25, -0.2) is 0 Å². The average Bonchev–Trinajstić information content (AvgIpc) is 2.24. The summed E-state index contributed by atoms with van der Waals surface area (Å²) in [7, 11) is 0. The molecule has 0 aliphatic carbocycles. The van der Waals surface area contributed by atoms with Crippen molar-refractivity contribution in [2.45, 2.75) is 72.1 Å². The lowest BCUT2D eigenvalue weighted by Gasteiger charge is -2.28. The van der Waals surface area contributed by atoms with Crippen LogP contribution in [0, 0.1) is 6.42 Å². The molecule has 0 aromatic heterocycles. The molecule has 0 aliphatic heterocycles. The number of hydrogen-bond donors (Lipinski definition) is 1. The van der Waals surface area contributed by atoms with Crippen LogP contribution >= 0.6 is 0 Å². The Morgan fingerprint density at radius 3 is 1.68 bits per heavy atom. The van der Waals surface area contributed by atoms with Crippen LogP contribution in [0.3, 0.4) is 0 Å². The highest BCUT2D eigenvalue weighted by Crippen LogP contribution is 2.40. The van der Waals surface area contributed by atoms with E-state index in [0.717, 1.165) is 24.0 Å². The molecule has 0 unspecified atom stereocenters. The Morgan fingerprint density at radius 1 is 0.947 bits per heavy atom. The van der Waals surface area contributed by atoms with Crippen molar-refractivity contribution < 1.29 is 5.11 Å². The zero-order valence-electron chi connectivity index (χ0n) is 13.6. The standard InChI is InChI=1S/C18H29O/c1-8-9-10-13-11-14(17(2,3)4)16(19)15(12-13)18(5,6)7/h10-12,19H,8-9H2,1-7H3. The fraction of sp³-hybridized carbons (Fsp3) is 0.611. The van der Waals surface area contributed by atoms with Gasteiger partial charge in [-0.15, -0.1) is 0 Å². The number of phenolic OH excluding ortho intramolecular Hbond substituents is 1. The quantitative estimate of drug-likeness (QED) is 0.778. The summed E-state index contributed by atoms with van der Waals surface area (Å²) < 4.78 is 0. The minimum absolute atomic E-state index is 0.0415. The molecule has 1 rings (SSSR count). The fourth-order valence-corrected chi connectivity index (χ4v) is 2.23. The van der Waals surface area contributed by atoms with E-state index in [-0.39, 0.29) is 10.8 Å². The maximum Gasteiger partial charge on any atom is 0.123 e. The zero-order valence-corrected chi connectivity index (χ0v) is 13.6. The van der Waals surface area contributed by atoms with Crippen LogP contribution in [0.5, 0.6) is 5.75 Å². The molecule has 19 heavy (non-hydrogen) atoms. The van der Waals surface area contributed by atoms with Crippen molar-refractivity contribution in [2.24, 2.45) is 0 Å². The smallest absolute Gasteiger partial charge is 0.123 e. The van der Waals surface area contributed by atoms with E-state index in [2.05, 4.69) is 67.0 Å². The first-order valence-corrected chi connectivity index (χ1v) is 7.28. The van der Waals surface area contributed by atoms with Crippen molar-refractivity contribution in [1.29, 1.82) is 0 Å². The molecule has 107 valence electrons. The second-order valence-corrected chi connectivity index (χ2v) is 7.46. The van der Waals surface area contributed by atoms with Crippen LogP contribution in [0.4, 0.5) is 0 Å². The van der Waals surface area contributed by atoms with Crippen LogP contribution in [0.15, 0.2) is 12.1 Å². The van der Waals surface area contributed by atoms with Crippen LogP contribution in [0.25, 0.3) is 0 Å². The van der Waals surface area contributed by atoms with E-state index < -0.39 is 0 Å². The molecule has 0 aliphatic rings. The molecule has 0 bridgehead atoms. The average molecular weight is 261 g/mol. The van der Waals surface area contributed by atoms with Gasteiger partial charge in [-0.05, 0) is 40.4 Å². The summed E-state index contributed by atoms with van der Waals surface area (Å²) in [5.74, 6) is 0.466. The van der Waals surface area contributed by atoms with Gasteiger partial charge in [0.2, 0.25) is 0 Å². The zero-order chi connectivity index (χ0) is 14.8. The van der Waals surface area contributed by atoms with Crippen LogP contribution in [0.2, 0.25) is 0 Å². The van der Waals surface area contributed by atoms with Gasteiger partial charge in [-0.3, -0.25) is 0 Å². The Kier molecular flexibility index (Phi) is 4.71. The summed E-state index contributed by atoms with van der Waals surface area (Å²) in [6, 6.07) is 4.28. The number of aromatic hydroxyl groups is 1. The predicted octanol–water partition coefficient (Wildman–Crippen LogP) is 5.34. The first-order valence-electron chi connectivity index (χ1n) is 7.28. The van der Waals surface area contributed by atoms with Crippen molar-refractivity contribution in [3.05, 3.63) is 35.2 Å². The Balaban J connectivity index is 3.39. The summed E-state index contributed by atoms with van der Waals surface area (Å²) in [6.45, 7) is 15.1. The minimum Gasteiger partial charge on any atom is -0.507 e. The number of unbranched alkanes of at least 4 members (excludes halogenated alkanes) is 1. The lowest BCUT2D eigenvalue weighted by Crippen LogP contribution is -2.17. The van der Waals surface area contributed by atoms with Crippen molar-refractivity contribution >= 4 is 0 Å². The SMILES string of the molecule is CCC[CH]c1cc(C(C)(C)C)c(O)c(C(C)(C)C)c1. The van der Waals surface area contributed by atoms with Crippen LogP contribution in [0.1, 0.15) is 78.0 Å². The van der Waals surface area contributed by atoms with E-state index in [1.54, 1.807) is 0 Å². The van der Waals surface area contributed by atoms with Gasteiger partial charge in [0, 0.05) is 0 Å². The molecule has 0 saturated heterocycles. The molecule has 1 aromatic rings. The molecule has 0 atom stereocenters. The van der Waals surface area contributed by atoms with E-state index >= 15 is 0 Å². The van der Waals surface area contributed by atoms with E-state index in [1.165, 1.54) is 5.56 Å². The van der Waals surface area contributed by atoms with Crippen LogP contribution in [-0.2, 0) is 10.8 Å². The third-order valence-corrected chi connectivity index (χ3v) is 3.42. The van der Waals surface area contributed by atoms with Crippen molar-refractivity contribution in [2.75, 3.05) is 0 Å². The molecule has 1 radical (unpaired) electrons. The summed E-state index contributed by atoms with van der Waals surface area (Å²) in [5, 5.41) is 10.6. The first kappa shape index (κ1) is 16.1. The van der Waals surface area contributed by atoms with E-state index in [1.807, 2.05) is 0 Å². The molecule has 1 nitrogen and oxygen atoms in total. The Bertz CT molecular complexity index is 395. The number of hydrogen-bond acceptors (Lipinski definition) is 1. The molecule has 0 fully saturated rings. The molecule has 0 saturated carbocycles. The van der Waals surface area contributed by atoms with Gasteiger partial charge in [-0.1, -0.05) is 67.0 Å². The number of phenols is 1. The normalized spacial score (nSPS) is 12.8. The Labute approximate surface area is 119 Å². The van der Waals surface area contributed by atoms with Crippen molar-refractivity contribution in [3.8, 4) is 5.75 Å². The molecule has 1 N–H and O–H groups in total. The molecule has 1 heteroatoms. The second kappa shape index (κ2) is 5.56. The molecule has 0 amide bonds. The maximum absolute atomic E-state index is 10.6. The van der Waals surface area contributed by atoms with Crippen molar-refractivity contribution in [3.63, 3.8) is 0 Å². The minimum atomic E-state index is -0.0415. The fourth-order valence-electron chi connectivity index (χ4n) is 2.23. The van der Waals surface area contributed by atoms with E-state index in [4.69, 9.17) is 0 Å². The summed E-state index contributed by atoms with van der Waals surface area (Å²) in [6.07, 6.45) is 4.50. The van der Waals surface area contributed by atoms with Gasteiger partial charge in [-0.2, -0.15) is 0 Å². The van der Waals surface area contributed by atoms with Crippen molar-refractivity contribution in [1.82, 2.24) is 0 Å². The summed E-state index contributed by atoms with van der Waals surface area (Å²) in [4.78, 5) is 0. The highest BCUT2D eigenvalue weighted by atomic mass is 16.3. The summed E-state index contributed by atoms with van der Waals surface area (Å²) >= 11 is 0. The number of rotatable bonds is 3. The highest BCUT2D eigenvalue weighted by molar-refractivity contribution is 5.51. The second-order valence-electron chi connectivity index (χ2n) is 7.46. The topological polar surface area (TPSA) is 20.2 Å². The van der Waals surface area contributed by atoms with Gasteiger partial charge >= 0.3 is 0 Å². The maximum atomic E-state index is 10.6. The monoisotopic (exact) mass is 261 g/mol. The molecule has 0 spiro atoms. The molecule has 0 heterocycles. The van der Waals surface area contributed by atoms with E-state index in [9.17, 15) is 5.11 Å². The first-order chi connectivity index (χ1) is 8.57. The largest absolute Gasteiger partial charge is 0.507 e.